The number of likely N-dealkylation sites (N-methyl/N-ethyl adjacent to an activating group) is 2. The highest BCUT2D eigenvalue weighted by Crippen LogP contribution is 2.31. The molecule has 1 aliphatic rings. The summed E-state index contributed by atoms with van der Waals surface area (Å²) in [6, 6.07) is 5.64. The molecule has 0 aliphatic carbocycles. The molecule has 4 amide bonds. The summed E-state index contributed by atoms with van der Waals surface area (Å²) in [5.41, 5.74) is 6.40. The lowest BCUT2D eigenvalue weighted by Gasteiger charge is -2.24. The third kappa shape index (κ3) is 4.45. The van der Waals surface area contributed by atoms with Gasteiger partial charge in [-0.25, -0.2) is 0 Å². The van der Waals surface area contributed by atoms with Crippen LogP contribution in [0.15, 0.2) is 24.3 Å². The fourth-order valence-corrected chi connectivity index (χ4v) is 3.24. The molecule has 0 aromatic heterocycles. The number of fused-ring (bicyclic) bond motifs is 1. The molecule has 0 spiro atoms. The van der Waals surface area contributed by atoms with Crippen LogP contribution < -0.4 is 20.9 Å². The molecule has 1 aliphatic heterocycles. The number of nitrogens with zero attached hydrogens (tertiary/aromatic N) is 2. The van der Waals surface area contributed by atoms with Crippen LogP contribution in [0.1, 0.15) is 26.7 Å². The molecule has 0 saturated carbocycles. The van der Waals surface area contributed by atoms with Crippen LogP contribution in [0.5, 0.6) is 0 Å². The predicted molar refractivity (Wildman–Crippen MR) is 102 cm³/mol. The lowest BCUT2D eigenvalue weighted by molar-refractivity contribution is -0.136. The second-order valence-electron chi connectivity index (χ2n) is 7.22. The largest absolute Gasteiger partial charge is 0.370 e. The molecule has 3 N–H and O–H groups in total. The van der Waals surface area contributed by atoms with Crippen molar-refractivity contribution in [1.29, 1.82) is 0 Å². The van der Waals surface area contributed by atoms with Crippen molar-refractivity contribution in [3.05, 3.63) is 24.3 Å². The molecule has 0 radical (unpaired) electrons. The minimum absolute atomic E-state index is 0.134. The second-order valence-corrected chi connectivity index (χ2v) is 7.22. The van der Waals surface area contributed by atoms with Gasteiger partial charge < -0.3 is 20.9 Å². The van der Waals surface area contributed by atoms with Crippen LogP contribution in [-0.2, 0) is 19.2 Å². The summed E-state index contributed by atoms with van der Waals surface area (Å²) in [7, 11) is 3.11. The molecular weight excluding hydrogens is 348 g/mol. The SMILES string of the molecule is CC(C)C[C@H](CC(N)=O)C(=O)NC1C(=O)N(C)c2ccccc2N(C)C1=O. The molecule has 1 atom stereocenters. The van der Waals surface area contributed by atoms with E-state index in [1.807, 2.05) is 13.8 Å². The van der Waals surface area contributed by atoms with Gasteiger partial charge in [-0.15, -0.1) is 0 Å². The molecule has 27 heavy (non-hydrogen) atoms. The van der Waals surface area contributed by atoms with E-state index in [1.54, 1.807) is 38.4 Å². The normalized spacial score (nSPS) is 16.2. The summed E-state index contributed by atoms with van der Waals surface area (Å²) in [6.45, 7) is 3.84. The van der Waals surface area contributed by atoms with E-state index >= 15 is 0 Å². The molecule has 1 aromatic carbocycles. The van der Waals surface area contributed by atoms with Gasteiger partial charge in [-0.1, -0.05) is 26.0 Å². The molecule has 8 nitrogen and oxygen atoms in total. The summed E-state index contributed by atoms with van der Waals surface area (Å²) < 4.78 is 0. The Morgan fingerprint density at radius 3 is 1.96 bits per heavy atom. The zero-order valence-electron chi connectivity index (χ0n) is 16.1. The van der Waals surface area contributed by atoms with Gasteiger partial charge in [-0.2, -0.15) is 0 Å². The number of amides is 4. The molecule has 8 heteroatoms. The highest BCUT2D eigenvalue weighted by atomic mass is 16.2. The van der Waals surface area contributed by atoms with E-state index < -0.39 is 35.6 Å². The second kappa shape index (κ2) is 8.20. The molecule has 0 saturated heterocycles. The topological polar surface area (TPSA) is 113 Å². The first-order valence-corrected chi connectivity index (χ1v) is 8.86. The van der Waals surface area contributed by atoms with E-state index in [-0.39, 0.29) is 12.3 Å². The molecule has 0 bridgehead atoms. The van der Waals surface area contributed by atoms with Crippen LogP contribution in [-0.4, -0.2) is 43.8 Å². The Bertz CT molecular complexity index is 721. The van der Waals surface area contributed by atoms with Crippen molar-refractivity contribution in [3.63, 3.8) is 0 Å². The van der Waals surface area contributed by atoms with Gasteiger partial charge in [-0.3, -0.25) is 19.2 Å². The quantitative estimate of drug-likeness (QED) is 0.712. The van der Waals surface area contributed by atoms with E-state index in [2.05, 4.69) is 5.32 Å². The zero-order chi connectivity index (χ0) is 20.3. The maximum atomic E-state index is 12.8. The molecule has 1 aromatic rings. The Hall–Kier alpha value is -2.90. The molecule has 2 rings (SSSR count). The third-order valence-corrected chi connectivity index (χ3v) is 4.62. The van der Waals surface area contributed by atoms with Crippen molar-refractivity contribution in [2.75, 3.05) is 23.9 Å². The van der Waals surface area contributed by atoms with Crippen molar-refractivity contribution in [3.8, 4) is 0 Å². The van der Waals surface area contributed by atoms with Crippen molar-refractivity contribution < 1.29 is 19.2 Å². The van der Waals surface area contributed by atoms with E-state index in [0.29, 0.717) is 17.8 Å². The smallest absolute Gasteiger partial charge is 0.259 e. The van der Waals surface area contributed by atoms with Crippen molar-refractivity contribution >= 4 is 35.0 Å². The number of carbonyl (C=O) groups excluding carboxylic acids is 4. The van der Waals surface area contributed by atoms with E-state index in [1.165, 1.54) is 9.80 Å². The standard InChI is InChI=1S/C19H26N4O4/c1-11(2)9-12(10-15(20)24)17(25)21-16-18(26)22(3)13-7-5-6-8-14(13)23(4)19(16)27/h5-8,11-12,16H,9-10H2,1-4H3,(H2,20,24)(H,21,25)/t12-/m1/s1. The third-order valence-electron chi connectivity index (χ3n) is 4.62. The lowest BCUT2D eigenvalue weighted by atomic mass is 9.92. The van der Waals surface area contributed by atoms with Crippen LogP contribution in [0.2, 0.25) is 0 Å². The van der Waals surface area contributed by atoms with Gasteiger partial charge in [0.05, 0.1) is 11.4 Å². The van der Waals surface area contributed by atoms with Gasteiger partial charge in [0, 0.05) is 26.4 Å². The fourth-order valence-electron chi connectivity index (χ4n) is 3.24. The van der Waals surface area contributed by atoms with E-state index in [0.717, 1.165) is 0 Å². The van der Waals surface area contributed by atoms with Gasteiger partial charge >= 0.3 is 0 Å². The maximum absolute atomic E-state index is 12.8. The van der Waals surface area contributed by atoms with Gasteiger partial charge in [0.15, 0.2) is 6.04 Å². The summed E-state index contributed by atoms with van der Waals surface area (Å²) >= 11 is 0. The van der Waals surface area contributed by atoms with Gasteiger partial charge in [-0.05, 0) is 24.5 Å². The highest BCUT2D eigenvalue weighted by molar-refractivity contribution is 6.21. The van der Waals surface area contributed by atoms with E-state index in [9.17, 15) is 19.2 Å². The molecule has 146 valence electrons. The number of nitrogens with two attached hydrogens (primary N) is 1. The fraction of sp³-hybridized carbons (Fsp3) is 0.474. The number of nitrogens with one attached hydrogen (secondary N) is 1. The van der Waals surface area contributed by atoms with Gasteiger partial charge in [0.1, 0.15) is 0 Å². The zero-order valence-corrected chi connectivity index (χ0v) is 16.1. The number of rotatable bonds is 6. The van der Waals surface area contributed by atoms with Crippen LogP contribution in [0.3, 0.4) is 0 Å². The number of anilines is 2. The van der Waals surface area contributed by atoms with Crippen LogP contribution in [0.25, 0.3) is 0 Å². The monoisotopic (exact) mass is 374 g/mol. The minimum Gasteiger partial charge on any atom is -0.370 e. The number of benzene rings is 1. The van der Waals surface area contributed by atoms with Crippen molar-refractivity contribution in [1.82, 2.24) is 5.32 Å². The Morgan fingerprint density at radius 2 is 1.56 bits per heavy atom. The molecule has 1 heterocycles. The average Bonchev–Trinajstić information content (AvgIpc) is 2.67. The summed E-state index contributed by atoms with van der Waals surface area (Å²) in [4.78, 5) is 52.4. The highest BCUT2D eigenvalue weighted by Gasteiger charge is 2.39. The Morgan fingerprint density at radius 1 is 1.07 bits per heavy atom. The lowest BCUT2D eigenvalue weighted by Crippen LogP contribution is -2.55. The van der Waals surface area contributed by atoms with Crippen molar-refractivity contribution in [2.24, 2.45) is 17.6 Å². The Balaban J connectivity index is 2.29. The minimum atomic E-state index is -1.36. The number of hydrogen-bond donors (Lipinski definition) is 2. The number of carbonyl (C=O) groups is 4. The summed E-state index contributed by atoms with van der Waals surface area (Å²) in [5, 5.41) is 2.54. The average molecular weight is 374 g/mol. The van der Waals surface area contributed by atoms with Crippen LogP contribution >= 0.6 is 0 Å². The molecular formula is C19H26N4O4. The first kappa shape index (κ1) is 20.4. The van der Waals surface area contributed by atoms with Gasteiger partial charge in [0.25, 0.3) is 11.8 Å². The maximum Gasteiger partial charge on any atom is 0.259 e. The number of hydrogen-bond acceptors (Lipinski definition) is 4. The number of para-hydroxylation sites is 2. The molecule has 0 fully saturated rings. The first-order chi connectivity index (χ1) is 12.6. The summed E-state index contributed by atoms with van der Waals surface area (Å²) in [5.74, 6) is -2.74. The van der Waals surface area contributed by atoms with E-state index in [4.69, 9.17) is 5.73 Å². The van der Waals surface area contributed by atoms with Gasteiger partial charge in [0.2, 0.25) is 11.8 Å². The van der Waals surface area contributed by atoms with Crippen molar-refractivity contribution in [2.45, 2.75) is 32.7 Å². The molecule has 0 unspecified atom stereocenters. The summed E-state index contributed by atoms with van der Waals surface area (Å²) in [6.07, 6.45) is 0.292. The van der Waals surface area contributed by atoms with Crippen LogP contribution in [0, 0.1) is 11.8 Å². The van der Waals surface area contributed by atoms with Crippen LogP contribution in [0.4, 0.5) is 11.4 Å². The predicted octanol–water partition coefficient (Wildman–Crippen LogP) is 0.648. The first-order valence-electron chi connectivity index (χ1n) is 8.86. The number of primary amides is 1. The Kier molecular flexibility index (Phi) is 6.20. The Labute approximate surface area is 158 Å².